The predicted octanol–water partition coefficient (Wildman–Crippen LogP) is 0.0192. The topological polar surface area (TPSA) is 124 Å². The number of sulfonamides is 1. The quantitative estimate of drug-likeness (QED) is 0.554. The summed E-state index contributed by atoms with van der Waals surface area (Å²) in [5.74, 6) is 0. The Hall–Kier alpha value is -1.56. The second-order valence-electron chi connectivity index (χ2n) is 4.68. The van der Waals surface area contributed by atoms with Gasteiger partial charge in [0.05, 0.1) is 23.0 Å². The fourth-order valence-corrected chi connectivity index (χ4v) is 4.31. The molecule has 11 heteroatoms. The molecular formula is C11H14N2O7S2. The lowest BCUT2D eigenvalue weighted by Crippen LogP contribution is -2.40. The highest BCUT2D eigenvalue weighted by Crippen LogP contribution is 2.28. The number of benzene rings is 1. The minimum Gasteiger partial charge on any atom is -0.379 e. The Morgan fingerprint density at radius 3 is 2.27 bits per heavy atom. The molecule has 0 N–H and O–H groups in total. The van der Waals surface area contributed by atoms with E-state index in [1.54, 1.807) is 0 Å². The van der Waals surface area contributed by atoms with Crippen molar-refractivity contribution >= 4 is 25.5 Å². The van der Waals surface area contributed by atoms with E-state index in [1.807, 2.05) is 0 Å². The molecule has 1 heterocycles. The predicted molar refractivity (Wildman–Crippen MR) is 75.8 cm³/mol. The Balaban J connectivity index is 2.53. The zero-order valence-electron chi connectivity index (χ0n) is 11.6. The van der Waals surface area contributed by atoms with Crippen LogP contribution in [-0.4, -0.2) is 58.6 Å². The van der Waals surface area contributed by atoms with Gasteiger partial charge in [0, 0.05) is 25.4 Å². The summed E-state index contributed by atoms with van der Waals surface area (Å²) in [6, 6.07) is 2.79. The maximum atomic E-state index is 12.4. The number of hydrogen-bond acceptors (Lipinski definition) is 7. The molecular weight excluding hydrogens is 336 g/mol. The molecule has 1 saturated heterocycles. The second-order valence-corrected chi connectivity index (χ2v) is 8.60. The lowest BCUT2D eigenvalue weighted by molar-refractivity contribution is -0.388. The van der Waals surface area contributed by atoms with Crippen LogP contribution in [0, 0.1) is 10.1 Å². The van der Waals surface area contributed by atoms with Gasteiger partial charge in [-0.3, -0.25) is 10.1 Å². The van der Waals surface area contributed by atoms with Gasteiger partial charge in [-0.15, -0.1) is 0 Å². The third-order valence-corrected chi connectivity index (χ3v) is 6.17. The molecule has 0 saturated carbocycles. The Bertz CT molecular complexity index is 796. The molecule has 1 aliphatic rings. The third-order valence-electron chi connectivity index (χ3n) is 3.13. The minimum atomic E-state index is -3.93. The molecule has 122 valence electrons. The second kappa shape index (κ2) is 5.91. The molecule has 1 aliphatic heterocycles. The molecule has 22 heavy (non-hydrogen) atoms. The fraction of sp³-hybridized carbons (Fsp3) is 0.455. The molecule has 0 aliphatic carbocycles. The van der Waals surface area contributed by atoms with Crippen molar-refractivity contribution in [1.82, 2.24) is 4.31 Å². The van der Waals surface area contributed by atoms with E-state index in [-0.39, 0.29) is 31.2 Å². The molecule has 0 amide bonds. The molecule has 9 nitrogen and oxygen atoms in total. The summed E-state index contributed by atoms with van der Waals surface area (Å²) in [7, 11) is -7.76. The summed E-state index contributed by atoms with van der Waals surface area (Å²) in [6.45, 7) is 0.763. The molecule has 0 unspecified atom stereocenters. The van der Waals surface area contributed by atoms with Crippen molar-refractivity contribution in [3.05, 3.63) is 28.3 Å². The molecule has 0 atom stereocenters. The Morgan fingerprint density at radius 1 is 1.18 bits per heavy atom. The molecule has 1 aromatic rings. The average molecular weight is 350 g/mol. The number of rotatable bonds is 4. The van der Waals surface area contributed by atoms with Crippen LogP contribution in [0.2, 0.25) is 0 Å². The molecule has 0 radical (unpaired) electrons. The van der Waals surface area contributed by atoms with Crippen molar-refractivity contribution in [3.8, 4) is 0 Å². The highest BCUT2D eigenvalue weighted by molar-refractivity contribution is 7.91. The largest absolute Gasteiger partial charge is 0.379 e. The van der Waals surface area contributed by atoms with Gasteiger partial charge in [-0.05, 0) is 12.1 Å². The molecule has 2 rings (SSSR count). The van der Waals surface area contributed by atoms with Gasteiger partial charge >= 0.3 is 0 Å². The SMILES string of the molecule is CS(=O)(=O)c1ccc(S(=O)(=O)N2CCOCC2)cc1[N+](=O)[O-]. The first kappa shape index (κ1) is 16.8. The van der Waals surface area contributed by atoms with E-state index in [0.29, 0.717) is 0 Å². The minimum absolute atomic E-state index is 0.143. The van der Waals surface area contributed by atoms with Crippen LogP contribution in [-0.2, 0) is 24.6 Å². The number of nitro benzene ring substituents is 1. The van der Waals surface area contributed by atoms with Gasteiger partial charge in [-0.1, -0.05) is 0 Å². The molecule has 0 spiro atoms. The Kier molecular flexibility index (Phi) is 4.52. The number of sulfone groups is 1. The smallest absolute Gasteiger partial charge is 0.289 e. The highest BCUT2D eigenvalue weighted by atomic mass is 32.2. The normalized spacial score (nSPS) is 17.3. The van der Waals surface area contributed by atoms with Crippen LogP contribution in [0.5, 0.6) is 0 Å². The Morgan fingerprint density at radius 2 is 1.77 bits per heavy atom. The number of morpholine rings is 1. The summed E-state index contributed by atoms with van der Waals surface area (Å²) in [5, 5.41) is 11.0. The molecule has 1 fully saturated rings. The summed E-state index contributed by atoms with van der Waals surface area (Å²) in [4.78, 5) is 9.30. The van der Waals surface area contributed by atoms with Crippen molar-refractivity contribution < 1.29 is 26.5 Å². The van der Waals surface area contributed by atoms with Crippen LogP contribution in [0.25, 0.3) is 0 Å². The van der Waals surface area contributed by atoms with Crippen molar-refractivity contribution in [2.45, 2.75) is 9.79 Å². The molecule has 0 aromatic heterocycles. The first-order valence-electron chi connectivity index (χ1n) is 6.20. The number of nitrogens with zero attached hydrogens (tertiary/aromatic N) is 2. The average Bonchev–Trinajstić information content (AvgIpc) is 2.46. The van der Waals surface area contributed by atoms with Gasteiger partial charge in [0.15, 0.2) is 9.84 Å². The summed E-state index contributed by atoms with van der Waals surface area (Å²) >= 11 is 0. The van der Waals surface area contributed by atoms with Crippen molar-refractivity contribution in [2.75, 3.05) is 32.6 Å². The molecule has 1 aromatic carbocycles. The van der Waals surface area contributed by atoms with Gasteiger partial charge < -0.3 is 4.74 Å². The van der Waals surface area contributed by atoms with Crippen LogP contribution in [0.4, 0.5) is 5.69 Å². The standard InChI is InChI=1S/C11H14N2O7S2/c1-21(16,17)11-3-2-9(8-10(11)13(14)15)22(18,19)12-4-6-20-7-5-12/h2-3,8H,4-7H2,1H3. The van der Waals surface area contributed by atoms with Crippen molar-refractivity contribution in [1.29, 1.82) is 0 Å². The van der Waals surface area contributed by atoms with Gasteiger partial charge in [0.1, 0.15) is 4.90 Å². The Labute approximate surface area is 127 Å². The van der Waals surface area contributed by atoms with E-state index >= 15 is 0 Å². The van der Waals surface area contributed by atoms with E-state index in [1.165, 1.54) is 0 Å². The van der Waals surface area contributed by atoms with Crippen molar-refractivity contribution in [3.63, 3.8) is 0 Å². The van der Waals surface area contributed by atoms with Crippen LogP contribution in [0.1, 0.15) is 0 Å². The zero-order chi connectivity index (χ0) is 16.5. The van der Waals surface area contributed by atoms with E-state index in [4.69, 9.17) is 4.74 Å². The first-order chi connectivity index (χ1) is 10.1. The summed E-state index contributed by atoms with van der Waals surface area (Å²) in [5.41, 5.74) is -0.753. The number of ether oxygens (including phenoxy) is 1. The van der Waals surface area contributed by atoms with Crippen LogP contribution >= 0.6 is 0 Å². The van der Waals surface area contributed by atoms with Gasteiger partial charge in [-0.2, -0.15) is 4.31 Å². The third kappa shape index (κ3) is 3.27. The zero-order valence-corrected chi connectivity index (χ0v) is 13.3. The van der Waals surface area contributed by atoms with E-state index in [0.717, 1.165) is 28.8 Å². The maximum absolute atomic E-state index is 12.4. The monoisotopic (exact) mass is 350 g/mol. The lowest BCUT2D eigenvalue weighted by Gasteiger charge is -2.26. The maximum Gasteiger partial charge on any atom is 0.289 e. The van der Waals surface area contributed by atoms with E-state index < -0.39 is 35.4 Å². The van der Waals surface area contributed by atoms with Gasteiger partial charge in [0.2, 0.25) is 10.0 Å². The lowest BCUT2D eigenvalue weighted by atomic mass is 10.3. The van der Waals surface area contributed by atoms with E-state index in [2.05, 4.69) is 0 Å². The summed E-state index contributed by atoms with van der Waals surface area (Å²) in [6.07, 6.45) is 0.825. The van der Waals surface area contributed by atoms with Crippen LogP contribution in [0.3, 0.4) is 0 Å². The fourth-order valence-electron chi connectivity index (χ4n) is 2.05. The molecule has 0 bridgehead atoms. The van der Waals surface area contributed by atoms with Gasteiger partial charge in [0.25, 0.3) is 5.69 Å². The van der Waals surface area contributed by atoms with Crippen LogP contribution in [0.15, 0.2) is 28.0 Å². The number of nitro groups is 1. The van der Waals surface area contributed by atoms with Crippen LogP contribution < -0.4 is 0 Å². The number of hydrogen-bond donors (Lipinski definition) is 0. The first-order valence-corrected chi connectivity index (χ1v) is 9.53. The van der Waals surface area contributed by atoms with Crippen molar-refractivity contribution in [2.24, 2.45) is 0 Å². The van der Waals surface area contributed by atoms with Gasteiger partial charge in [-0.25, -0.2) is 16.8 Å². The highest BCUT2D eigenvalue weighted by Gasteiger charge is 2.30. The summed E-state index contributed by atoms with van der Waals surface area (Å²) < 4.78 is 54.1. The van der Waals surface area contributed by atoms with E-state index in [9.17, 15) is 26.9 Å².